The largest absolute Gasteiger partial charge is 0.507 e. The highest BCUT2D eigenvalue weighted by atomic mass is 32.2. The van der Waals surface area contributed by atoms with E-state index in [1.54, 1.807) is 0 Å². The molecule has 0 aliphatic carbocycles. The molecule has 1 aromatic rings. The van der Waals surface area contributed by atoms with Gasteiger partial charge in [0.1, 0.15) is 5.75 Å². The second kappa shape index (κ2) is 8.91. The SMILES string of the molecule is CCCNCCN1CC(=Cc2cc(C(C)(C)C)c(O)c(C(C)(C)C)c2)SC1=O. The summed E-state index contributed by atoms with van der Waals surface area (Å²) in [5.41, 5.74) is 2.62. The number of hydrogen-bond donors (Lipinski definition) is 2. The minimum Gasteiger partial charge on any atom is -0.507 e. The lowest BCUT2D eigenvalue weighted by molar-refractivity contribution is 0.231. The van der Waals surface area contributed by atoms with Gasteiger partial charge in [0.25, 0.3) is 5.24 Å². The molecule has 28 heavy (non-hydrogen) atoms. The predicted molar refractivity (Wildman–Crippen MR) is 121 cm³/mol. The first-order valence-electron chi connectivity index (χ1n) is 10.2. The summed E-state index contributed by atoms with van der Waals surface area (Å²) in [6, 6.07) is 4.13. The summed E-state index contributed by atoms with van der Waals surface area (Å²) in [6.45, 7) is 18.0. The minimum atomic E-state index is -0.159. The number of nitrogens with zero attached hydrogens (tertiary/aromatic N) is 1. The first-order valence-corrected chi connectivity index (χ1v) is 11.0. The second-order valence-electron chi connectivity index (χ2n) is 9.61. The molecular weight excluding hydrogens is 368 g/mol. The number of phenolic OH excluding ortho intramolecular Hbond substituents is 1. The molecule has 0 radical (unpaired) electrons. The van der Waals surface area contributed by atoms with Gasteiger partial charge in [0.2, 0.25) is 0 Å². The Hall–Kier alpha value is -1.46. The summed E-state index contributed by atoms with van der Waals surface area (Å²) in [5.74, 6) is 0.390. The molecule has 0 bridgehead atoms. The third-order valence-electron chi connectivity index (χ3n) is 4.88. The molecule has 1 aliphatic heterocycles. The van der Waals surface area contributed by atoms with Crippen molar-refractivity contribution in [1.29, 1.82) is 0 Å². The standard InChI is InChI=1S/C23H36N2O2S/c1-8-9-24-10-11-25-15-17(28-21(25)27)12-16-13-18(22(2,3)4)20(26)19(14-16)23(5,6)7/h12-14,24,26H,8-11,15H2,1-7H3. The van der Waals surface area contributed by atoms with E-state index in [0.717, 1.165) is 47.7 Å². The fourth-order valence-corrected chi connectivity index (χ4v) is 4.22. The summed E-state index contributed by atoms with van der Waals surface area (Å²) in [6.07, 6.45) is 3.20. The van der Waals surface area contributed by atoms with Gasteiger partial charge in [-0.3, -0.25) is 4.79 Å². The summed E-state index contributed by atoms with van der Waals surface area (Å²) < 4.78 is 0. The molecule has 0 spiro atoms. The van der Waals surface area contributed by atoms with Gasteiger partial charge in [-0.2, -0.15) is 0 Å². The van der Waals surface area contributed by atoms with Gasteiger partial charge in [0, 0.05) is 29.1 Å². The van der Waals surface area contributed by atoms with E-state index in [-0.39, 0.29) is 16.1 Å². The van der Waals surface area contributed by atoms with Crippen LogP contribution in [0.5, 0.6) is 5.75 Å². The Bertz CT molecular complexity index is 707. The lowest BCUT2D eigenvalue weighted by atomic mass is 9.78. The molecule has 4 nitrogen and oxygen atoms in total. The second-order valence-corrected chi connectivity index (χ2v) is 10.7. The highest BCUT2D eigenvalue weighted by Crippen LogP contribution is 2.41. The van der Waals surface area contributed by atoms with E-state index in [4.69, 9.17) is 0 Å². The van der Waals surface area contributed by atoms with Crippen LogP contribution in [0.1, 0.15) is 71.6 Å². The number of nitrogens with one attached hydrogen (secondary N) is 1. The predicted octanol–water partition coefficient (Wildman–Crippen LogP) is 5.50. The molecule has 0 unspecified atom stereocenters. The molecule has 1 saturated heterocycles. The number of phenols is 1. The molecule has 1 aliphatic rings. The average Bonchev–Trinajstić information content (AvgIpc) is 2.90. The monoisotopic (exact) mass is 404 g/mol. The van der Waals surface area contributed by atoms with E-state index < -0.39 is 0 Å². The number of thioether (sulfide) groups is 1. The summed E-state index contributed by atoms with van der Waals surface area (Å²) in [5, 5.41) is 14.3. The highest BCUT2D eigenvalue weighted by molar-refractivity contribution is 8.17. The van der Waals surface area contributed by atoms with Crippen molar-refractivity contribution in [3.8, 4) is 5.75 Å². The Morgan fingerprint density at radius 1 is 1.11 bits per heavy atom. The molecule has 0 saturated carbocycles. The van der Waals surface area contributed by atoms with Gasteiger partial charge < -0.3 is 15.3 Å². The van der Waals surface area contributed by atoms with Crippen LogP contribution in [0.4, 0.5) is 4.79 Å². The van der Waals surface area contributed by atoms with E-state index in [1.165, 1.54) is 11.8 Å². The molecule has 1 heterocycles. The molecular formula is C23H36N2O2S. The fourth-order valence-electron chi connectivity index (χ4n) is 3.29. The number of amides is 1. The molecule has 1 fully saturated rings. The Labute approximate surface area is 174 Å². The number of benzene rings is 1. The Morgan fingerprint density at radius 2 is 1.68 bits per heavy atom. The minimum absolute atomic E-state index is 0.121. The number of carbonyl (C=O) groups excluding carboxylic acids is 1. The van der Waals surface area contributed by atoms with Crippen molar-refractivity contribution < 1.29 is 9.90 Å². The average molecular weight is 405 g/mol. The number of rotatable bonds is 6. The summed E-state index contributed by atoms with van der Waals surface area (Å²) in [4.78, 5) is 15.3. The Balaban J connectivity index is 2.29. The van der Waals surface area contributed by atoms with Crippen LogP contribution in [0.2, 0.25) is 0 Å². The van der Waals surface area contributed by atoms with Crippen LogP contribution in [0.15, 0.2) is 17.0 Å². The van der Waals surface area contributed by atoms with Crippen molar-refractivity contribution in [3.63, 3.8) is 0 Å². The first-order chi connectivity index (χ1) is 12.9. The molecule has 0 atom stereocenters. The third kappa shape index (κ3) is 5.77. The van der Waals surface area contributed by atoms with Gasteiger partial charge >= 0.3 is 0 Å². The van der Waals surface area contributed by atoms with Crippen molar-refractivity contribution in [2.75, 3.05) is 26.2 Å². The Kier molecular flexibility index (Phi) is 7.27. The molecule has 1 aromatic carbocycles. The molecule has 0 aromatic heterocycles. The molecule has 5 heteroatoms. The topological polar surface area (TPSA) is 52.6 Å². The van der Waals surface area contributed by atoms with Crippen molar-refractivity contribution in [2.24, 2.45) is 0 Å². The zero-order valence-electron chi connectivity index (χ0n) is 18.5. The fraction of sp³-hybridized carbons (Fsp3) is 0.609. The highest BCUT2D eigenvalue weighted by Gasteiger charge is 2.28. The van der Waals surface area contributed by atoms with Crippen molar-refractivity contribution in [2.45, 2.75) is 65.7 Å². The maximum Gasteiger partial charge on any atom is 0.286 e. The Morgan fingerprint density at radius 3 is 2.18 bits per heavy atom. The molecule has 156 valence electrons. The number of hydrogen-bond acceptors (Lipinski definition) is 4. The molecule has 2 N–H and O–H groups in total. The van der Waals surface area contributed by atoms with Crippen molar-refractivity contribution in [3.05, 3.63) is 33.7 Å². The van der Waals surface area contributed by atoms with Gasteiger partial charge in [-0.15, -0.1) is 0 Å². The first kappa shape index (κ1) is 22.8. The van der Waals surface area contributed by atoms with E-state index in [0.29, 0.717) is 12.3 Å². The van der Waals surface area contributed by atoms with Crippen LogP contribution in [0, 0.1) is 0 Å². The van der Waals surface area contributed by atoms with Crippen LogP contribution in [0.25, 0.3) is 6.08 Å². The van der Waals surface area contributed by atoms with Crippen LogP contribution in [-0.2, 0) is 10.8 Å². The van der Waals surface area contributed by atoms with Gasteiger partial charge in [-0.1, -0.05) is 48.5 Å². The molecule has 2 rings (SSSR count). The van der Waals surface area contributed by atoms with Gasteiger partial charge in [0.05, 0.1) is 6.54 Å². The zero-order chi connectivity index (χ0) is 21.1. The maximum absolute atomic E-state index is 12.3. The quantitative estimate of drug-likeness (QED) is 0.615. The van der Waals surface area contributed by atoms with Gasteiger partial charge in [-0.05, 0) is 59.3 Å². The number of carbonyl (C=O) groups is 1. The van der Waals surface area contributed by atoms with Crippen LogP contribution < -0.4 is 5.32 Å². The molecule has 1 amide bonds. The van der Waals surface area contributed by atoms with E-state index in [1.807, 2.05) is 4.90 Å². The van der Waals surface area contributed by atoms with Crippen molar-refractivity contribution >= 4 is 23.1 Å². The zero-order valence-corrected chi connectivity index (χ0v) is 19.3. The van der Waals surface area contributed by atoms with E-state index in [2.05, 4.69) is 72.0 Å². The van der Waals surface area contributed by atoms with Crippen LogP contribution >= 0.6 is 11.8 Å². The van der Waals surface area contributed by atoms with Crippen LogP contribution in [-0.4, -0.2) is 41.4 Å². The van der Waals surface area contributed by atoms with Crippen LogP contribution in [0.3, 0.4) is 0 Å². The van der Waals surface area contributed by atoms with Crippen molar-refractivity contribution in [1.82, 2.24) is 10.2 Å². The van der Waals surface area contributed by atoms with Gasteiger partial charge in [0.15, 0.2) is 0 Å². The smallest absolute Gasteiger partial charge is 0.286 e. The summed E-state index contributed by atoms with van der Waals surface area (Å²) in [7, 11) is 0. The lowest BCUT2D eigenvalue weighted by Crippen LogP contribution is -2.32. The van der Waals surface area contributed by atoms with E-state index >= 15 is 0 Å². The van der Waals surface area contributed by atoms with E-state index in [9.17, 15) is 9.90 Å². The summed E-state index contributed by atoms with van der Waals surface area (Å²) >= 11 is 1.32. The number of aromatic hydroxyl groups is 1. The third-order valence-corrected chi connectivity index (χ3v) is 5.83. The van der Waals surface area contributed by atoms with Gasteiger partial charge in [-0.25, -0.2) is 0 Å². The maximum atomic E-state index is 12.3. The lowest BCUT2D eigenvalue weighted by Gasteiger charge is -2.28. The normalized spacial score (nSPS) is 17.0.